The molecule has 2 rings (SSSR count). The molecule has 2 amide bonds. The van der Waals surface area contributed by atoms with Crippen LogP contribution in [0, 0.1) is 5.92 Å². The summed E-state index contributed by atoms with van der Waals surface area (Å²) in [6.07, 6.45) is 6.27. The zero-order valence-corrected chi connectivity index (χ0v) is 11.8. The first-order valence-corrected chi connectivity index (χ1v) is 7.54. The molecular weight excluding hydrogens is 260 g/mol. The topological polar surface area (TPSA) is 89.9 Å². The Morgan fingerprint density at radius 3 is 2.35 bits per heavy atom. The second-order valence-corrected chi connectivity index (χ2v) is 5.79. The van der Waals surface area contributed by atoms with Crippen LogP contribution >= 0.6 is 0 Å². The van der Waals surface area contributed by atoms with Crippen LogP contribution in [0.25, 0.3) is 0 Å². The molecule has 0 aromatic heterocycles. The van der Waals surface area contributed by atoms with Crippen LogP contribution in [0.5, 0.6) is 0 Å². The molecule has 0 spiro atoms. The number of amides is 2. The predicted octanol–water partition coefficient (Wildman–Crippen LogP) is 1.19. The molecule has 0 heterocycles. The molecule has 2 saturated carbocycles. The molecular formula is C14H24N2O4. The van der Waals surface area contributed by atoms with Crippen molar-refractivity contribution in [2.75, 3.05) is 13.2 Å². The van der Waals surface area contributed by atoms with Crippen LogP contribution in [0.2, 0.25) is 0 Å². The number of nitrogens with one attached hydrogen (secondary N) is 1. The van der Waals surface area contributed by atoms with E-state index in [1.807, 2.05) is 0 Å². The molecule has 0 aliphatic heterocycles. The fourth-order valence-corrected chi connectivity index (χ4v) is 3.10. The maximum atomic E-state index is 12.3. The van der Waals surface area contributed by atoms with E-state index in [1.54, 1.807) is 4.90 Å². The van der Waals surface area contributed by atoms with E-state index in [0.29, 0.717) is 13.0 Å². The number of aliphatic carboxylic acids is 1. The van der Waals surface area contributed by atoms with E-state index < -0.39 is 11.9 Å². The number of nitrogens with zero attached hydrogens (tertiary/aromatic N) is 1. The molecule has 0 aromatic rings. The van der Waals surface area contributed by atoms with Crippen molar-refractivity contribution in [2.24, 2.45) is 5.92 Å². The summed E-state index contributed by atoms with van der Waals surface area (Å²) < 4.78 is 0. The van der Waals surface area contributed by atoms with E-state index in [-0.39, 0.29) is 24.7 Å². The molecule has 20 heavy (non-hydrogen) atoms. The molecule has 6 heteroatoms. The second kappa shape index (κ2) is 6.92. The first kappa shape index (κ1) is 15.1. The largest absolute Gasteiger partial charge is 0.481 e. The van der Waals surface area contributed by atoms with E-state index in [9.17, 15) is 14.7 Å². The SMILES string of the molecule is O=C(O)C1CCCCC1NC(=O)N(CCO)C1CCC1. The molecule has 2 aliphatic rings. The van der Waals surface area contributed by atoms with Gasteiger partial charge in [-0.3, -0.25) is 4.79 Å². The van der Waals surface area contributed by atoms with Crippen molar-refractivity contribution < 1.29 is 19.8 Å². The molecule has 2 atom stereocenters. The maximum Gasteiger partial charge on any atom is 0.317 e. The summed E-state index contributed by atoms with van der Waals surface area (Å²) in [5.41, 5.74) is 0. The van der Waals surface area contributed by atoms with E-state index in [4.69, 9.17) is 5.11 Å². The van der Waals surface area contributed by atoms with Crippen molar-refractivity contribution in [3.8, 4) is 0 Å². The summed E-state index contributed by atoms with van der Waals surface area (Å²) in [5, 5.41) is 21.2. The van der Waals surface area contributed by atoms with Gasteiger partial charge in [-0.15, -0.1) is 0 Å². The highest BCUT2D eigenvalue weighted by Gasteiger charge is 2.35. The van der Waals surface area contributed by atoms with Crippen LogP contribution in [-0.2, 0) is 4.79 Å². The van der Waals surface area contributed by atoms with E-state index in [2.05, 4.69) is 5.32 Å². The standard InChI is InChI=1S/C14H24N2O4/c17-9-8-16(10-4-3-5-10)14(20)15-12-7-2-1-6-11(12)13(18)19/h10-12,17H,1-9H2,(H,15,20)(H,18,19). The smallest absolute Gasteiger partial charge is 0.317 e. The number of carboxylic acids is 1. The zero-order chi connectivity index (χ0) is 14.5. The van der Waals surface area contributed by atoms with Gasteiger partial charge in [-0.25, -0.2) is 4.79 Å². The van der Waals surface area contributed by atoms with Gasteiger partial charge in [0.15, 0.2) is 0 Å². The molecule has 6 nitrogen and oxygen atoms in total. The van der Waals surface area contributed by atoms with Crippen molar-refractivity contribution in [3.05, 3.63) is 0 Å². The summed E-state index contributed by atoms with van der Waals surface area (Å²) >= 11 is 0. The maximum absolute atomic E-state index is 12.3. The average molecular weight is 284 g/mol. The van der Waals surface area contributed by atoms with Gasteiger partial charge in [0.25, 0.3) is 0 Å². The molecule has 114 valence electrons. The highest BCUT2D eigenvalue weighted by molar-refractivity contribution is 5.77. The van der Waals surface area contributed by atoms with E-state index >= 15 is 0 Å². The van der Waals surface area contributed by atoms with Crippen LogP contribution in [0.1, 0.15) is 44.9 Å². The highest BCUT2D eigenvalue weighted by atomic mass is 16.4. The van der Waals surface area contributed by atoms with Crippen molar-refractivity contribution in [1.82, 2.24) is 10.2 Å². The number of hydrogen-bond acceptors (Lipinski definition) is 3. The summed E-state index contributed by atoms with van der Waals surface area (Å²) in [4.78, 5) is 25.2. The number of carboxylic acid groups (broad SMARTS) is 1. The Labute approximate surface area is 119 Å². The molecule has 2 aliphatic carbocycles. The van der Waals surface area contributed by atoms with Gasteiger partial charge in [-0.05, 0) is 32.1 Å². The second-order valence-electron chi connectivity index (χ2n) is 5.79. The fourth-order valence-electron chi connectivity index (χ4n) is 3.10. The van der Waals surface area contributed by atoms with Crippen LogP contribution in [-0.4, -0.2) is 52.3 Å². The molecule has 0 bridgehead atoms. The van der Waals surface area contributed by atoms with Crippen LogP contribution in [0.3, 0.4) is 0 Å². The van der Waals surface area contributed by atoms with Crippen molar-refractivity contribution in [2.45, 2.75) is 57.0 Å². The van der Waals surface area contributed by atoms with Crippen LogP contribution in [0.4, 0.5) is 4.79 Å². The zero-order valence-electron chi connectivity index (χ0n) is 11.8. The lowest BCUT2D eigenvalue weighted by Crippen LogP contribution is -2.55. The van der Waals surface area contributed by atoms with Gasteiger partial charge in [0.05, 0.1) is 12.5 Å². The monoisotopic (exact) mass is 284 g/mol. The first-order chi connectivity index (χ1) is 9.63. The Bertz CT molecular complexity index is 357. The predicted molar refractivity (Wildman–Crippen MR) is 73.3 cm³/mol. The van der Waals surface area contributed by atoms with Crippen molar-refractivity contribution in [1.29, 1.82) is 0 Å². The number of urea groups is 1. The number of aliphatic hydroxyl groups excluding tert-OH is 1. The van der Waals surface area contributed by atoms with Gasteiger partial charge < -0.3 is 20.4 Å². The Morgan fingerprint density at radius 1 is 1.10 bits per heavy atom. The molecule has 3 N–H and O–H groups in total. The van der Waals surface area contributed by atoms with Gasteiger partial charge in [-0.2, -0.15) is 0 Å². The normalized spacial score (nSPS) is 26.6. The molecule has 2 fully saturated rings. The third kappa shape index (κ3) is 3.42. The minimum atomic E-state index is -0.827. The Hall–Kier alpha value is -1.30. The molecule has 2 unspecified atom stereocenters. The van der Waals surface area contributed by atoms with Crippen LogP contribution < -0.4 is 5.32 Å². The number of rotatable bonds is 5. The Morgan fingerprint density at radius 2 is 1.80 bits per heavy atom. The first-order valence-electron chi connectivity index (χ1n) is 7.54. The van der Waals surface area contributed by atoms with E-state index in [1.165, 1.54) is 0 Å². The van der Waals surface area contributed by atoms with E-state index in [0.717, 1.165) is 38.5 Å². The van der Waals surface area contributed by atoms with Gasteiger partial charge in [0.2, 0.25) is 0 Å². The molecule has 0 saturated heterocycles. The summed E-state index contributed by atoms with van der Waals surface area (Å²) in [7, 11) is 0. The van der Waals surface area contributed by atoms with Crippen molar-refractivity contribution in [3.63, 3.8) is 0 Å². The number of carbonyl (C=O) groups excluding carboxylic acids is 1. The highest BCUT2D eigenvalue weighted by Crippen LogP contribution is 2.27. The van der Waals surface area contributed by atoms with Gasteiger partial charge in [0.1, 0.15) is 0 Å². The Balaban J connectivity index is 1.94. The van der Waals surface area contributed by atoms with Gasteiger partial charge in [-0.1, -0.05) is 12.8 Å². The number of carbonyl (C=O) groups is 2. The number of aliphatic hydroxyl groups is 1. The lowest BCUT2D eigenvalue weighted by atomic mass is 9.84. The fraction of sp³-hybridized carbons (Fsp3) is 0.857. The molecule has 0 radical (unpaired) electrons. The third-order valence-electron chi connectivity index (χ3n) is 4.51. The van der Waals surface area contributed by atoms with Gasteiger partial charge >= 0.3 is 12.0 Å². The number of hydrogen-bond donors (Lipinski definition) is 3. The minimum absolute atomic E-state index is 0.0586. The lowest BCUT2D eigenvalue weighted by molar-refractivity contribution is -0.143. The van der Waals surface area contributed by atoms with Crippen LogP contribution in [0.15, 0.2) is 0 Å². The average Bonchev–Trinajstić information content (AvgIpc) is 2.36. The molecule has 0 aromatic carbocycles. The summed E-state index contributed by atoms with van der Waals surface area (Å²) in [6, 6.07) is -0.300. The van der Waals surface area contributed by atoms with Gasteiger partial charge in [0, 0.05) is 18.6 Å². The minimum Gasteiger partial charge on any atom is -0.481 e. The summed E-state index contributed by atoms with van der Waals surface area (Å²) in [6.45, 7) is 0.262. The lowest BCUT2D eigenvalue weighted by Gasteiger charge is -2.39. The quantitative estimate of drug-likeness (QED) is 0.707. The summed E-state index contributed by atoms with van der Waals surface area (Å²) in [5.74, 6) is -1.31. The van der Waals surface area contributed by atoms with Crippen molar-refractivity contribution >= 4 is 12.0 Å². The third-order valence-corrected chi connectivity index (χ3v) is 4.51. The Kier molecular flexibility index (Phi) is 5.23.